The SMILES string of the molecule is CC1(CO)CC[C@H]2[C@@H](CC[C@@H]3[C@@H]2CC[C@]2(C)C(=O)CC[C@@H]32)C1. The molecule has 4 fully saturated rings. The molecular formula is C20H32O2. The summed E-state index contributed by atoms with van der Waals surface area (Å²) in [7, 11) is 0. The van der Waals surface area contributed by atoms with E-state index in [1.165, 1.54) is 44.9 Å². The molecule has 7 atom stereocenters. The quantitative estimate of drug-likeness (QED) is 0.788. The number of hydrogen-bond acceptors (Lipinski definition) is 2. The first kappa shape index (κ1) is 15.2. The molecule has 22 heavy (non-hydrogen) atoms. The van der Waals surface area contributed by atoms with E-state index in [9.17, 15) is 9.90 Å². The highest BCUT2D eigenvalue weighted by Crippen LogP contribution is 2.62. The van der Waals surface area contributed by atoms with Crippen molar-refractivity contribution < 1.29 is 9.90 Å². The summed E-state index contributed by atoms with van der Waals surface area (Å²) in [6.07, 6.45) is 10.9. The van der Waals surface area contributed by atoms with E-state index in [-0.39, 0.29) is 10.8 Å². The summed E-state index contributed by atoms with van der Waals surface area (Å²) >= 11 is 0. The van der Waals surface area contributed by atoms with Crippen molar-refractivity contribution in [1.29, 1.82) is 0 Å². The molecule has 0 heterocycles. The predicted molar refractivity (Wildman–Crippen MR) is 87.3 cm³/mol. The highest BCUT2D eigenvalue weighted by Gasteiger charge is 2.57. The molecule has 1 unspecified atom stereocenters. The molecule has 4 saturated carbocycles. The van der Waals surface area contributed by atoms with Crippen LogP contribution in [0.25, 0.3) is 0 Å². The van der Waals surface area contributed by atoms with E-state index >= 15 is 0 Å². The van der Waals surface area contributed by atoms with Gasteiger partial charge in [0.2, 0.25) is 0 Å². The summed E-state index contributed by atoms with van der Waals surface area (Å²) in [5.74, 6) is 4.68. The van der Waals surface area contributed by atoms with E-state index in [0.29, 0.717) is 18.3 Å². The minimum Gasteiger partial charge on any atom is -0.396 e. The third-order valence-corrected chi connectivity index (χ3v) is 8.45. The highest BCUT2D eigenvalue weighted by molar-refractivity contribution is 5.87. The lowest BCUT2D eigenvalue weighted by Gasteiger charge is -2.56. The molecular weight excluding hydrogens is 272 g/mol. The Hall–Kier alpha value is -0.370. The second kappa shape index (κ2) is 5.06. The van der Waals surface area contributed by atoms with Gasteiger partial charge in [-0.05, 0) is 86.4 Å². The second-order valence-corrected chi connectivity index (χ2v) is 9.57. The molecule has 2 nitrogen and oxygen atoms in total. The Labute approximate surface area is 135 Å². The molecule has 0 bridgehead atoms. The number of aliphatic hydroxyl groups excluding tert-OH is 1. The van der Waals surface area contributed by atoms with E-state index in [1.807, 2.05) is 0 Å². The zero-order valence-electron chi connectivity index (χ0n) is 14.3. The van der Waals surface area contributed by atoms with Crippen LogP contribution in [0.1, 0.15) is 71.6 Å². The number of ketones is 1. The predicted octanol–water partition coefficient (Wildman–Crippen LogP) is 4.21. The van der Waals surface area contributed by atoms with Crippen molar-refractivity contribution in [3.63, 3.8) is 0 Å². The van der Waals surface area contributed by atoms with Crippen molar-refractivity contribution in [2.75, 3.05) is 6.61 Å². The van der Waals surface area contributed by atoms with Gasteiger partial charge >= 0.3 is 0 Å². The standard InChI is InChI=1S/C20H32O2/c1-19(12-21)9-7-14-13(11-19)3-4-16-15(14)8-10-20(2)17(16)5-6-18(20)22/h13-17,21H,3-12H2,1-2H3/t13-,14-,15+,16+,17-,19?,20-/m0/s1. The van der Waals surface area contributed by atoms with E-state index in [1.54, 1.807) is 0 Å². The third kappa shape index (κ3) is 2.05. The largest absolute Gasteiger partial charge is 0.396 e. The van der Waals surface area contributed by atoms with E-state index in [0.717, 1.165) is 36.5 Å². The Morgan fingerprint density at radius 2 is 1.77 bits per heavy atom. The van der Waals surface area contributed by atoms with Gasteiger partial charge in [0.15, 0.2) is 0 Å². The van der Waals surface area contributed by atoms with Crippen LogP contribution >= 0.6 is 0 Å². The van der Waals surface area contributed by atoms with Crippen molar-refractivity contribution in [3.05, 3.63) is 0 Å². The normalized spacial score (nSPS) is 54.5. The molecule has 124 valence electrons. The number of fused-ring (bicyclic) bond motifs is 5. The van der Waals surface area contributed by atoms with Crippen LogP contribution in [-0.2, 0) is 4.79 Å². The first-order chi connectivity index (χ1) is 10.5. The van der Waals surface area contributed by atoms with Crippen molar-refractivity contribution in [3.8, 4) is 0 Å². The molecule has 0 amide bonds. The molecule has 0 aromatic carbocycles. The fourth-order valence-corrected chi connectivity index (χ4v) is 7.10. The zero-order chi connectivity index (χ0) is 15.5. The number of carbonyl (C=O) groups excluding carboxylic acids is 1. The smallest absolute Gasteiger partial charge is 0.139 e. The molecule has 4 aliphatic carbocycles. The fourth-order valence-electron chi connectivity index (χ4n) is 7.10. The Balaban J connectivity index is 1.55. The first-order valence-electron chi connectivity index (χ1n) is 9.61. The average molecular weight is 304 g/mol. The molecule has 0 saturated heterocycles. The molecule has 0 radical (unpaired) electrons. The number of carbonyl (C=O) groups is 1. The van der Waals surface area contributed by atoms with Crippen LogP contribution in [0.15, 0.2) is 0 Å². The van der Waals surface area contributed by atoms with E-state index < -0.39 is 0 Å². The lowest BCUT2D eigenvalue weighted by atomic mass is 9.49. The van der Waals surface area contributed by atoms with Crippen molar-refractivity contribution in [1.82, 2.24) is 0 Å². The van der Waals surface area contributed by atoms with Gasteiger partial charge in [-0.3, -0.25) is 4.79 Å². The number of Topliss-reactive ketones (excluding diaryl/α,β-unsaturated/α-hetero) is 1. The Bertz CT molecular complexity index is 472. The number of hydrogen-bond donors (Lipinski definition) is 1. The molecule has 1 N–H and O–H groups in total. The minimum absolute atomic E-state index is 0.0300. The molecule has 0 aromatic rings. The zero-order valence-corrected chi connectivity index (χ0v) is 14.3. The van der Waals surface area contributed by atoms with Gasteiger partial charge in [0, 0.05) is 18.4 Å². The third-order valence-electron chi connectivity index (χ3n) is 8.45. The monoisotopic (exact) mass is 304 g/mol. The van der Waals surface area contributed by atoms with Crippen molar-refractivity contribution in [2.24, 2.45) is 40.4 Å². The molecule has 2 heteroatoms. The van der Waals surface area contributed by atoms with E-state index in [2.05, 4.69) is 13.8 Å². The molecule has 4 aliphatic rings. The summed E-state index contributed by atoms with van der Waals surface area (Å²) in [6.45, 7) is 4.92. The molecule has 0 aliphatic heterocycles. The van der Waals surface area contributed by atoms with E-state index in [4.69, 9.17) is 0 Å². The Morgan fingerprint density at radius 1 is 1.00 bits per heavy atom. The van der Waals surface area contributed by atoms with Gasteiger partial charge in [0.25, 0.3) is 0 Å². The van der Waals surface area contributed by atoms with Crippen LogP contribution < -0.4 is 0 Å². The maximum Gasteiger partial charge on any atom is 0.139 e. The van der Waals surface area contributed by atoms with Gasteiger partial charge in [0.05, 0.1) is 0 Å². The fraction of sp³-hybridized carbons (Fsp3) is 0.950. The lowest BCUT2D eigenvalue weighted by Crippen LogP contribution is -2.49. The van der Waals surface area contributed by atoms with Gasteiger partial charge in [-0.2, -0.15) is 0 Å². The first-order valence-corrected chi connectivity index (χ1v) is 9.61. The summed E-state index contributed by atoms with van der Waals surface area (Å²) in [5.41, 5.74) is 0.211. The summed E-state index contributed by atoms with van der Waals surface area (Å²) in [5, 5.41) is 9.72. The topological polar surface area (TPSA) is 37.3 Å². The van der Waals surface area contributed by atoms with Crippen molar-refractivity contribution >= 4 is 5.78 Å². The van der Waals surface area contributed by atoms with Crippen LogP contribution in [-0.4, -0.2) is 17.5 Å². The summed E-state index contributed by atoms with van der Waals surface area (Å²) < 4.78 is 0. The van der Waals surface area contributed by atoms with Gasteiger partial charge in [-0.1, -0.05) is 13.8 Å². The van der Waals surface area contributed by atoms with Crippen LogP contribution in [0.2, 0.25) is 0 Å². The summed E-state index contributed by atoms with van der Waals surface area (Å²) in [6, 6.07) is 0. The highest BCUT2D eigenvalue weighted by atomic mass is 16.3. The van der Waals surface area contributed by atoms with Crippen LogP contribution in [0.3, 0.4) is 0 Å². The molecule has 0 spiro atoms. The average Bonchev–Trinajstić information content (AvgIpc) is 2.82. The maximum absolute atomic E-state index is 12.4. The Kier molecular flexibility index (Phi) is 3.49. The van der Waals surface area contributed by atoms with Gasteiger partial charge in [-0.15, -0.1) is 0 Å². The van der Waals surface area contributed by atoms with Crippen LogP contribution in [0, 0.1) is 40.4 Å². The minimum atomic E-state index is 0.0300. The van der Waals surface area contributed by atoms with Gasteiger partial charge in [-0.25, -0.2) is 0 Å². The van der Waals surface area contributed by atoms with Crippen LogP contribution in [0.5, 0.6) is 0 Å². The molecule has 4 rings (SSSR count). The Morgan fingerprint density at radius 3 is 2.55 bits per heavy atom. The van der Waals surface area contributed by atoms with Gasteiger partial charge in [0.1, 0.15) is 5.78 Å². The lowest BCUT2D eigenvalue weighted by molar-refractivity contribution is -0.134. The maximum atomic E-state index is 12.4. The van der Waals surface area contributed by atoms with Gasteiger partial charge < -0.3 is 5.11 Å². The van der Waals surface area contributed by atoms with Crippen LogP contribution in [0.4, 0.5) is 0 Å². The second-order valence-electron chi connectivity index (χ2n) is 9.57. The molecule has 0 aromatic heterocycles. The number of rotatable bonds is 1. The number of aliphatic hydroxyl groups is 1. The summed E-state index contributed by atoms with van der Waals surface area (Å²) in [4.78, 5) is 12.4. The van der Waals surface area contributed by atoms with Crippen molar-refractivity contribution in [2.45, 2.75) is 71.6 Å².